The molecule has 0 aliphatic heterocycles. The van der Waals surface area contributed by atoms with Crippen molar-refractivity contribution >= 4 is 11.8 Å². The summed E-state index contributed by atoms with van der Waals surface area (Å²) < 4.78 is 14.0. The Morgan fingerprint density at radius 3 is 2.58 bits per heavy atom. The second-order valence-electron chi connectivity index (χ2n) is 5.68. The molecule has 1 unspecified atom stereocenters. The standard InChI is InChI=1S/C16H24FNS/c1-11-8-12(2)16(14(17)9-11)15(18)10-19-13-6-4-3-5-7-13/h8-9,13,15H,3-7,10,18H2,1-2H3. The minimum atomic E-state index is -0.187. The van der Waals surface area contributed by atoms with Gasteiger partial charge in [0.15, 0.2) is 0 Å². The average Bonchev–Trinajstić information content (AvgIpc) is 2.36. The normalized spacial score (nSPS) is 18.5. The third-order valence-electron chi connectivity index (χ3n) is 3.92. The molecule has 1 aliphatic carbocycles. The van der Waals surface area contributed by atoms with E-state index in [0.717, 1.165) is 22.1 Å². The first-order valence-corrected chi connectivity index (χ1v) is 8.26. The van der Waals surface area contributed by atoms with Crippen LogP contribution in [0, 0.1) is 19.7 Å². The number of benzene rings is 1. The lowest BCUT2D eigenvalue weighted by molar-refractivity contribution is 0.515. The number of halogens is 1. The lowest BCUT2D eigenvalue weighted by Crippen LogP contribution is -2.19. The van der Waals surface area contributed by atoms with E-state index in [1.807, 2.05) is 31.7 Å². The fourth-order valence-corrected chi connectivity index (χ4v) is 4.26. The molecule has 1 atom stereocenters. The van der Waals surface area contributed by atoms with Crippen molar-refractivity contribution in [1.82, 2.24) is 0 Å². The Morgan fingerprint density at radius 2 is 1.95 bits per heavy atom. The summed E-state index contributed by atoms with van der Waals surface area (Å²) in [7, 11) is 0. The molecule has 0 bridgehead atoms. The van der Waals surface area contributed by atoms with Gasteiger partial charge in [-0.1, -0.05) is 25.3 Å². The third-order valence-corrected chi connectivity index (χ3v) is 5.41. The Labute approximate surface area is 120 Å². The summed E-state index contributed by atoms with van der Waals surface area (Å²) in [6, 6.07) is 3.42. The number of hydrogen-bond donors (Lipinski definition) is 1. The van der Waals surface area contributed by atoms with Gasteiger partial charge >= 0.3 is 0 Å². The molecule has 1 nitrogen and oxygen atoms in total. The zero-order valence-electron chi connectivity index (χ0n) is 11.9. The number of rotatable bonds is 4. The quantitative estimate of drug-likeness (QED) is 0.879. The van der Waals surface area contributed by atoms with E-state index in [0.29, 0.717) is 5.56 Å². The molecule has 3 heteroatoms. The number of nitrogens with two attached hydrogens (primary N) is 1. The van der Waals surface area contributed by atoms with Crippen molar-refractivity contribution in [3.63, 3.8) is 0 Å². The molecular formula is C16H24FNS. The van der Waals surface area contributed by atoms with Gasteiger partial charge in [0.1, 0.15) is 5.82 Å². The van der Waals surface area contributed by atoms with Gasteiger partial charge in [0, 0.05) is 22.6 Å². The van der Waals surface area contributed by atoms with Crippen molar-refractivity contribution in [2.45, 2.75) is 57.2 Å². The second kappa shape index (κ2) is 6.76. The summed E-state index contributed by atoms with van der Waals surface area (Å²) in [5.74, 6) is 0.681. The molecule has 1 fully saturated rings. The van der Waals surface area contributed by atoms with Gasteiger partial charge in [0.05, 0.1) is 0 Å². The van der Waals surface area contributed by atoms with Crippen molar-refractivity contribution in [3.05, 3.63) is 34.6 Å². The molecule has 106 valence electrons. The monoisotopic (exact) mass is 281 g/mol. The molecule has 1 aromatic rings. The molecule has 1 aliphatic rings. The smallest absolute Gasteiger partial charge is 0.128 e. The molecule has 0 radical (unpaired) electrons. The molecule has 0 heterocycles. The van der Waals surface area contributed by atoms with Gasteiger partial charge in [-0.25, -0.2) is 4.39 Å². The van der Waals surface area contributed by atoms with Crippen LogP contribution in [0.2, 0.25) is 0 Å². The second-order valence-corrected chi connectivity index (χ2v) is 7.01. The Balaban J connectivity index is 1.97. The highest BCUT2D eigenvalue weighted by Gasteiger charge is 2.19. The molecule has 0 aromatic heterocycles. The molecule has 19 heavy (non-hydrogen) atoms. The average molecular weight is 281 g/mol. The van der Waals surface area contributed by atoms with Crippen molar-refractivity contribution in [2.75, 3.05) is 5.75 Å². The van der Waals surface area contributed by atoms with Crippen molar-refractivity contribution < 1.29 is 4.39 Å². The number of thioether (sulfide) groups is 1. The van der Waals surface area contributed by atoms with Crippen LogP contribution in [0.1, 0.15) is 54.8 Å². The van der Waals surface area contributed by atoms with Crippen LogP contribution < -0.4 is 5.73 Å². The van der Waals surface area contributed by atoms with Crippen molar-refractivity contribution in [1.29, 1.82) is 0 Å². The fraction of sp³-hybridized carbons (Fsp3) is 0.625. The predicted octanol–water partition coefficient (Wildman–Crippen LogP) is 4.51. The lowest BCUT2D eigenvalue weighted by atomic mass is 10.00. The number of aryl methyl sites for hydroxylation is 2. The van der Waals surface area contributed by atoms with Gasteiger partial charge in [-0.05, 0) is 43.9 Å². The van der Waals surface area contributed by atoms with E-state index in [2.05, 4.69) is 0 Å². The highest BCUT2D eigenvalue weighted by molar-refractivity contribution is 7.99. The first-order valence-electron chi connectivity index (χ1n) is 7.21. The molecule has 2 N–H and O–H groups in total. The van der Waals surface area contributed by atoms with E-state index < -0.39 is 0 Å². The summed E-state index contributed by atoms with van der Waals surface area (Å²) in [5, 5.41) is 0.730. The minimum absolute atomic E-state index is 0.144. The van der Waals surface area contributed by atoms with E-state index in [-0.39, 0.29) is 11.9 Å². The van der Waals surface area contributed by atoms with Gasteiger partial charge in [-0.15, -0.1) is 0 Å². The summed E-state index contributed by atoms with van der Waals surface area (Å²) in [4.78, 5) is 0. The highest BCUT2D eigenvalue weighted by Crippen LogP contribution is 2.31. The van der Waals surface area contributed by atoms with Crippen LogP contribution in [-0.2, 0) is 0 Å². The van der Waals surface area contributed by atoms with E-state index >= 15 is 0 Å². The maximum absolute atomic E-state index is 14.0. The van der Waals surface area contributed by atoms with E-state index in [9.17, 15) is 4.39 Å². The fourth-order valence-electron chi connectivity index (χ4n) is 2.95. The first kappa shape index (κ1) is 14.9. The Kier molecular flexibility index (Phi) is 5.28. The van der Waals surface area contributed by atoms with E-state index in [4.69, 9.17) is 5.73 Å². The molecule has 0 amide bonds. The Morgan fingerprint density at radius 1 is 1.26 bits per heavy atom. The maximum atomic E-state index is 14.0. The molecule has 2 rings (SSSR count). The van der Waals surface area contributed by atoms with Gasteiger partial charge in [-0.3, -0.25) is 0 Å². The summed E-state index contributed by atoms with van der Waals surface area (Å²) >= 11 is 1.93. The molecule has 0 spiro atoms. The lowest BCUT2D eigenvalue weighted by Gasteiger charge is -2.23. The van der Waals surface area contributed by atoms with Crippen molar-refractivity contribution in [2.24, 2.45) is 5.73 Å². The SMILES string of the molecule is Cc1cc(C)c(C(N)CSC2CCCCC2)c(F)c1. The van der Waals surface area contributed by atoms with Crippen LogP contribution in [0.4, 0.5) is 4.39 Å². The van der Waals surface area contributed by atoms with Crippen LogP contribution in [0.5, 0.6) is 0 Å². The van der Waals surface area contributed by atoms with Crippen LogP contribution in [0.15, 0.2) is 12.1 Å². The Hall–Kier alpha value is -0.540. The summed E-state index contributed by atoms with van der Waals surface area (Å²) in [6.07, 6.45) is 6.64. The maximum Gasteiger partial charge on any atom is 0.128 e. The molecule has 0 saturated heterocycles. The van der Waals surface area contributed by atoms with Gasteiger partial charge < -0.3 is 5.73 Å². The van der Waals surface area contributed by atoms with Crippen LogP contribution in [0.25, 0.3) is 0 Å². The zero-order valence-corrected chi connectivity index (χ0v) is 12.7. The van der Waals surface area contributed by atoms with Gasteiger partial charge in [0.25, 0.3) is 0 Å². The van der Waals surface area contributed by atoms with Crippen LogP contribution in [-0.4, -0.2) is 11.0 Å². The summed E-state index contributed by atoms with van der Waals surface area (Å²) in [6.45, 7) is 3.87. The Bertz CT molecular complexity index is 404. The van der Waals surface area contributed by atoms with E-state index in [1.54, 1.807) is 6.07 Å². The number of hydrogen-bond acceptors (Lipinski definition) is 2. The third kappa shape index (κ3) is 3.96. The zero-order chi connectivity index (χ0) is 13.8. The highest BCUT2D eigenvalue weighted by atomic mass is 32.2. The van der Waals surface area contributed by atoms with Crippen LogP contribution in [0.3, 0.4) is 0 Å². The minimum Gasteiger partial charge on any atom is -0.323 e. The molecule has 1 aromatic carbocycles. The first-order chi connectivity index (χ1) is 9.08. The largest absolute Gasteiger partial charge is 0.323 e. The van der Waals surface area contributed by atoms with E-state index in [1.165, 1.54) is 32.1 Å². The topological polar surface area (TPSA) is 26.0 Å². The predicted molar refractivity (Wildman–Crippen MR) is 82.1 cm³/mol. The summed E-state index contributed by atoms with van der Waals surface area (Å²) in [5.41, 5.74) is 8.85. The van der Waals surface area contributed by atoms with Gasteiger partial charge in [0.2, 0.25) is 0 Å². The molecular weight excluding hydrogens is 257 g/mol. The van der Waals surface area contributed by atoms with Crippen molar-refractivity contribution in [3.8, 4) is 0 Å². The van der Waals surface area contributed by atoms with Gasteiger partial charge in [-0.2, -0.15) is 11.8 Å². The van der Waals surface area contributed by atoms with Crippen LogP contribution >= 0.6 is 11.8 Å². The molecule has 1 saturated carbocycles.